The number of piperidine rings is 1. The van der Waals surface area contributed by atoms with Crippen LogP contribution < -0.4 is 11.1 Å². The van der Waals surface area contributed by atoms with Crippen LogP contribution in [0.25, 0.3) is 0 Å². The molecular formula is C16H31N3O. The van der Waals surface area contributed by atoms with E-state index in [1.807, 2.05) is 0 Å². The summed E-state index contributed by atoms with van der Waals surface area (Å²) >= 11 is 0. The molecule has 2 fully saturated rings. The van der Waals surface area contributed by atoms with Crippen LogP contribution in [0.15, 0.2) is 0 Å². The molecule has 0 radical (unpaired) electrons. The Kier molecular flexibility index (Phi) is 5.85. The van der Waals surface area contributed by atoms with Crippen molar-refractivity contribution >= 4 is 5.91 Å². The lowest BCUT2D eigenvalue weighted by molar-refractivity contribution is -0.127. The van der Waals surface area contributed by atoms with Crippen LogP contribution >= 0.6 is 0 Å². The summed E-state index contributed by atoms with van der Waals surface area (Å²) in [5.74, 6) is 0.660. The third-order valence-corrected chi connectivity index (χ3v) is 5.00. The Balaban J connectivity index is 1.77. The van der Waals surface area contributed by atoms with E-state index < -0.39 is 0 Å². The van der Waals surface area contributed by atoms with E-state index in [0.29, 0.717) is 5.92 Å². The third kappa shape index (κ3) is 4.19. The zero-order valence-corrected chi connectivity index (χ0v) is 13.1. The summed E-state index contributed by atoms with van der Waals surface area (Å²) in [6.07, 6.45) is 7.19. The Morgan fingerprint density at radius 2 is 1.95 bits per heavy atom. The topological polar surface area (TPSA) is 58.4 Å². The molecule has 0 aromatic rings. The van der Waals surface area contributed by atoms with Gasteiger partial charge in [-0.1, -0.05) is 19.8 Å². The first-order valence-corrected chi connectivity index (χ1v) is 8.36. The summed E-state index contributed by atoms with van der Waals surface area (Å²) in [5, 5.41) is 3.19. The first kappa shape index (κ1) is 15.8. The normalized spacial score (nSPS) is 33.6. The lowest BCUT2D eigenvalue weighted by atomic mass is 9.78. The molecule has 1 amide bonds. The van der Waals surface area contributed by atoms with Crippen molar-refractivity contribution in [2.24, 2.45) is 17.6 Å². The number of nitrogens with zero attached hydrogens (tertiary/aromatic N) is 1. The number of nitrogens with two attached hydrogens (primary N) is 1. The maximum absolute atomic E-state index is 12.4. The fourth-order valence-electron chi connectivity index (χ4n) is 3.67. The molecule has 4 nitrogen and oxygen atoms in total. The molecule has 0 spiro atoms. The van der Waals surface area contributed by atoms with Gasteiger partial charge in [-0.05, 0) is 51.6 Å². The van der Waals surface area contributed by atoms with Gasteiger partial charge in [-0.15, -0.1) is 0 Å². The molecule has 0 aromatic carbocycles. The summed E-state index contributed by atoms with van der Waals surface area (Å²) in [6.45, 7) is 7.62. The average molecular weight is 281 g/mol. The van der Waals surface area contributed by atoms with E-state index in [1.54, 1.807) is 0 Å². The molecule has 2 aliphatic rings. The first-order valence-electron chi connectivity index (χ1n) is 8.36. The van der Waals surface area contributed by atoms with Gasteiger partial charge in [0.05, 0.1) is 5.92 Å². The molecule has 0 aromatic heterocycles. The van der Waals surface area contributed by atoms with Crippen LogP contribution in [0.1, 0.15) is 52.4 Å². The molecule has 1 saturated heterocycles. The van der Waals surface area contributed by atoms with Crippen molar-refractivity contribution in [1.82, 2.24) is 10.2 Å². The van der Waals surface area contributed by atoms with Crippen LogP contribution in [-0.4, -0.2) is 42.5 Å². The van der Waals surface area contributed by atoms with Gasteiger partial charge >= 0.3 is 0 Å². The number of amides is 1. The van der Waals surface area contributed by atoms with E-state index in [1.165, 1.54) is 32.4 Å². The summed E-state index contributed by atoms with van der Waals surface area (Å²) in [5.41, 5.74) is 6.21. The number of carbonyl (C=O) groups is 1. The van der Waals surface area contributed by atoms with Gasteiger partial charge in [0.2, 0.25) is 5.91 Å². The highest BCUT2D eigenvalue weighted by molar-refractivity contribution is 5.79. The minimum absolute atomic E-state index is 0.0163. The second-order valence-corrected chi connectivity index (χ2v) is 6.86. The van der Waals surface area contributed by atoms with Crippen LogP contribution in [0.3, 0.4) is 0 Å². The second kappa shape index (κ2) is 7.41. The van der Waals surface area contributed by atoms with Crippen LogP contribution in [0, 0.1) is 11.8 Å². The quantitative estimate of drug-likeness (QED) is 0.825. The van der Waals surface area contributed by atoms with Crippen molar-refractivity contribution < 1.29 is 4.79 Å². The molecule has 4 unspecified atom stereocenters. The molecule has 116 valence electrons. The molecule has 1 heterocycles. The summed E-state index contributed by atoms with van der Waals surface area (Å²) < 4.78 is 0. The van der Waals surface area contributed by atoms with Gasteiger partial charge in [0.1, 0.15) is 0 Å². The molecule has 2 rings (SSSR count). The SMILES string of the molecule is CC(CN1CCCCC1)NC(=O)C1CCCC(C)C1N. The zero-order valence-electron chi connectivity index (χ0n) is 13.1. The summed E-state index contributed by atoms with van der Waals surface area (Å²) in [4.78, 5) is 14.9. The largest absolute Gasteiger partial charge is 0.352 e. The molecular weight excluding hydrogens is 250 g/mol. The average Bonchev–Trinajstić information content (AvgIpc) is 2.42. The number of hydrogen-bond donors (Lipinski definition) is 2. The Labute approximate surface area is 123 Å². The number of hydrogen-bond acceptors (Lipinski definition) is 3. The molecule has 1 saturated carbocycles. The number of nitrogens with one attached hydrogen (secondary N) is 1. The fraction of sp³-hybridized carbons (Fsp3) is 0.938. The van der Waals surface area contributed by atoms with Crippen molar-refractivity contribution in [2.45, 2.75) is 64.5 Å². The Morgan fingerprint density at radius 3 is 2.65 bits per heavy atom. The number of carbonyl (C=O) groups excluding carboxylic acids is 1. The molecule has 4 atom stereocenters. The summed E-state index contributed by atoms with van der Waals surface area (Å²) in [7, 11) is 0. The second-order valence-electron chi connectivity index (χ2n) is 6.86. The van der Waals surface area contributed by atoms with Crippen LogP contribution in [-0.2, 0) is 4.79 Å². The Hall–Kier alpha value is -0.610. The van der Waals surface area contributed by atoms with Crippen LogP contribution in [0.5, 0.6) is 0 Å². The maximum Gasteiger partial charge on any atom is 0.224 e. The van der Waals surface area contributed by atoms with Crippen molar-refractivity contribution in [3.63, 3.8) is 0 Å². The van der Waals surface area contributed by atoms with Gasteiger partial charge in [-0.3, -0.25) is 4.79 Å². The van der Waals surface area contributed by atoms with Crippen LogP contribution in [0.2, 0.25) is 0 Å². The zero-order chi connectivity index (χ0) is 14.5. The van der Waals surface area contributed by atoms with Crippen molar-refractivity contribution in [2.75, 3.05) is 19.6 Å². The van der Waals surface area contributed by atoms with Gasteiger partial charge in [0.25, 0.3) is 0 Å². The standard InChI is InChI=1S/C16H31N3O/c1-12-7-6-8-14(15(12)17)16(20)18-13(2)11-19-9-4-3-5-10-19/h12-15H,3-11,17H2,1-2H3,(H,18,20). The van der Waals surface area contributed by atoms with E-state index in [-0.39, 0.29) is 23.9 Å². The van der Waals surface area contributed by atoms with E-state index in [9.17, 15) is 4.79 Å². The predicted octanol–water partition coefficient (Wildman–Crippen LogP) is 1.74. The lowest BCUT2D eigenvalue weighted by Gasteiger charge is -2.34. The van der Waals surface area contributed by atoms with E-state index in [4.69, 9.17) is 5.73 Å². The molecule has 1 aliphatic carbocycles. The van der Waals surface area contributed by atoms with Crippen LogP contribution in [0.4, 0.5) is 0 Å². The van der Waals surface area contributed by atoms with Gasteiger partial charge < -0.3 is 16.0 Å². The van der Waals surface area contributed by atoms with Gasteiger partial charge in [-0.2, -0.15) is 0 Å². The summed E-state index contributed by atoms with van der Waals surface area (Å²) in [6, 6.07) is 0.260. The molecule has 4 heteroatoms. The molecule has 3 N–H and O–H groups in total. The molecule has 1 aliphatic heterocycles. The van der Waals surface area contributed by atoms with Gasteiger partial charge in [-0.25, -0.2) is 0 Å². The van der Waals surface area contributed by atoms with Gasteiger partial charge in [0, 0.05) is 18.6 Å². The predicted molar refractivity (Wildman–Crippen MR) is 82.4 cm³/mol. The minimum atomic E-state index is 0.0163. The smallest absolute Gasteiger partial charge is 0.224 e. The van der Waals surface area contributed by atoms with Crippen molar-refractivity contribution in [3.8, 4) is 0 Å². The molecule has 20 heavy (non-hydrogen) atoms. The number of rotatable bonds is 4. The van der Waals surface area contributed by atoms with E-state index in [0.717, 1.165) is 25.8 Å². The first-order chi connectivity index (χ1) is 9.58. The fourth-order valence-corrected chi connectivity index (χ4v) is 3.67. The van der Waals surface area contributed by atoms with E-state index >= 15 is 0 Å². The van der Waals surface area contributed by atoms with Crippen molar-refractivity contribution in [3.05, 3.63) is 0 Å². The Bertz CT molecular complexity index is 315. The molecule has 0 bridgehead atoms. The highest BCUT2D eigenvalue weighted by Gasteiger charge is 2.33. The Morgan fingerprint density at radius 1 is 1.25 bits per heavy atom. The highest BCUT2D eigenvalue weighted by atomic mass is 16.2. The lowest BCUT2D eigenvalue weighted by Crippen LogP contribution is -2.51. The minimum Gasteiger partial charge on any atom is -0.352 e. The van der Waals surface area contributed by atoms with Crippen molar-refractivity contribution in [1.29, 1.82) is 0 Å². The van der Waals surface area contributed by atoms with Gasteiger partial charge in [0.15, 0.2) is 0 Å². The highest BCUT2D eigenvalue weighted by Crippen LogP contribution is 2.28. The number of likely N-dealkylation sites (tertiary alicyclic amines) is 1. The third-order valence-electron chi connectivity index (χ3n) is 5.00. The monoisotopic (exact) mass is 281 g/mol. The van der Waals surface area contributed by atoms with E-state index in [2.05, 4.69) is 24.1 Å². The maximum atomic E-state index is 12.4.